The van der Waals surface area contributed by atoms with Crippen molar-refractivity contribution in [2.45, 2.75) is 49.7 Å². The van der Waals surface area contributed by atoms with Crippen LogP contribution in [-0.2, 0) is 6.54 Å². The minimum Gasteiger partial charge on any atom is -0.356 e. The minimum absolute atomic E-state index is 0.0513. The van der Waals surface area contributed by atoms with Crippen LogP contribution in [0.4, 0.5) is 5.82 Å². The molecule has 1 aromatic carbocycles. The molecule has 1 aliphatic rings. The first-order chi connectivity index (χ1) is 15.7. The SMILES string of the molecule is CCCSc1nc(N2CCCC2)c2cnn(CCNC(=O)c3ccccc3SCC)c2n1. The van der Waals surface area contributed by atoms with Crippen LogP contribution in [0.1, 0.15) is 43.5 Å². The van der Waals surface area contributed by atoms with Crippen molar-refractivity contribution in [1.82, 2.24) is 25.1 Å². The van der Waals surface area contributed by atoms with Gasteiger partial charge in [-0.2, -0.15) is 5.10 Å². The summed E-state index contributed by atoms with van der Waals surface area (Å²) in [7, 11) is 0. The number of carbonyl (C=O) groups excluding carboxylic acids is 1. The summed E-state index contributed by atoms with van der Waals surface area (Å²) in [5.74, 6) is 2.86. The summed E-state index contributed by atoms with van der Waals surface area (Å²) >= 11 is 3.37. The van der Waals surface area contributed by atoms with E-state index in [1.807, 2.05) is 35.1 Å². The Morgan fingerprint density at radius 1 is 1.12 bits per heavy atom. The molecule has 0 saturated carbocycles. The Hall–Kier alpha value is -2.26. The lowest BCUT2D eigenvalue weighted by molar-refractivity contribution is 0.0949. The highest BCUT2D eigenvalue weighted by molar-refractivity contribution is 7.99. The molecule has 1 fully saturated rings. The fourth-order valence-corrected chi connectivity index (χ4v) is 5.31. The van der Waals surface area contributed by atoms with E-state index in [4.69, 9.17) is 9.97 Å². The normalized spacial score (nSPS) is 13.8. The topological polar surface area (TPSA) is 75.9 Å². The molecule has 3 aromatic rings. The van der Waals surface area contributed by atoms with Gasteiger partial charge in [0.2, 0.25) is 0 Å². The summed E-state index contributed by atoms with van der Waals surface area (Å²) in [5.41, 5.74) is 1.57. The smallest absolute Gasteiger partial charge is 0.252 e. The third kappa shape index (κ3) is 5.20. The van der Waals surface area contributed by atoms with Crippen LogP contribution >= 0.6 is 23.5 Å². The van der Waals surface area contributed by atoms with Crippen LogP contribution in [0, 0.1) is 0 Å². The first-order valence-corrected chi connectivity index (χ1v) is 13.3. The summed E-state index contributed by atoms with van der Waals surface area (Å²) in [5, 5.41) is 9.43. The zero-order chi connectivity index (χ0) is 22.3. The molecule has 0 bridgehead atoms. The van der Waals surface area contributed by atoms with Gasteiger partial charge in [0.1, 0.15) is 5.82 Å². The van der Waals surface area contributed by atoms with Gasteiger partial charge in [0, 0.05) is 30.3 Å². The van der Waals surface area contributed by atoms with Gasteiger partial charge < -0.3 is 10.2 Å². The number of amides is 1. The highest BCUT2D eigenvalue weighted by atomic mass is 32.2. The number of thioether (sulfide) groups is 2. The standard InChI is InChI=1S/C23H30N6OS2/c1-3-15-32-23-26-20(28-12-7-8-13-28)18-16-25-29(21(18)27-23)14-11-24-22(30)17-9-5-6-10-19(17)31-4-2/h5-6,9-10,16H,3-4,7-8,11-15H2,1-2H3,(H,24,30). The maximum Gasteiger partial charge on any atom is 0.252 e. The predicted molar refractivity (Wildman–Crippen MR) is 133 cm³/mol. The quantitative estimate of drug-likeness (QED) is 0.346. The Kier molecular flexibility index (Phi) is 7.91. The van der Waals surface area contributed by atoms with E-state index in [0.717, 1.165) is 63.5 Å². The number of hydrogen-bond acceptors (Lipinski definition) is 7. The molecule has 1 N–H and O–H groups in total. The molecule has 0 atom stereocenters. The molecule has 3 heterocycles. The second-order valence-electron chi connectivity index (χ2n) is 7.66. The largest absolute Gasteiger partial charge is 0.356 e. The number of rotatable bonds is 10. The molecule has 9 heteroatoms. The van der Waals surface area contributed by atoms with Gasteiger partial charge in [-0.05, 0) is 37.1 Å². The van der Waals surface area contributed by atoms with Crippen molar-refractivity contribution in [2.75, 3.05) is 36.0 Å². The summed E-state index contributed by atoms with van der Waals surface area (Å²) in [6.07, 6.45) is 5.34. The van der Waals surface area contributed by atoms with Crippen molar-refractivity contribution < 1.29 is 4.79 Å². The monoisotopic (exact) mass is 470 g/mol. The number of nitrogens with zero attached hydrogens (tertiary/aromatic N) is 5. The van der Waals surface area contributed by atoms with Crippen molar-refractivity contribution in [3.8, 4) is 0 Å². The van der Waals surface area contributed by atoms with E-state index in [2.05, 4.69) is 29.2 Å². The molecule has 0 aliphatic carbocycles. The average Bonchev–Trinajstić information content (AvgIpc) is 3.48. The first-order valence-electron chi connectivity index (χ1n) is 11.3. The van der Waals surface area contributed by atoms with E-state index in [1.165, 1.54) is 12.8 Å². The van der Waals surface area contributed by atoms with Gasteiger partial charge in [0.15, 0.2) is 10.8 Å². The molecule has 0 radical (unpaired) electrons. The van der Waals surface area contributed by atoms with E-state index in [0.29, 0.717) is 13.1 Å². The van der Waals surface area contributed by atoms with Gasteiger partial charge in [-0.25, -0.2) is 14.6 Å². The van der Waals surface area contributed by atoms with E-state index >= 15 is 0 Å². The minimum atomic E-state index is -0.0513. The van der Waals surface area contributed by atoms with Gasteiger partial charge in [-0.1, -0.05) is 37.7 Å². The molecule has 4 rings (SSSR count). The maximum absolute atomic E-state index is 12.7. The lowest BCUT2D eigenvalue weighted by Crippen LogP contribution is -2.28. The van der Waals surface area contributed by atoms with Crippen LogP contribution in [0.3, 0.4) is 0 Å². The van der Waals surface area contributed by atoms with Gasteiger partial charge >= 0.3 is 0 Å². The van der Waals surface area contributed by atoms with Crippen LogP contribution in [0.5, 0.6) is 0 Å². The molecule has 1 saturated heterocycles. The van der Waals surface area contributed by atoms with E-state index < -0.39 is 0 Å². The van der Waals surface area contributed by atoms with Crippen molar-refractivity contribution >= 4 is 46.3 Å². The number of fused-ring (bicyclic) bond motifs is 1. The van der Waals surface area contributed by atoms with Gasteiger partial charge in [0.25, 0.3) is 5.91 Å². The Balaban J connectivity index is 1.51. The van der Waals surface area contributed by atoms with Crippen LogP contribution in [0.25, 0.3) is 11.0 Å². The lowest BCUT2D eigenvalue weighted by atomic mass is 10.2. The molecule has 32 heavy (non-hydrogen) atoms. The Labute approximate surface area is 197 Å². The number of aromatic nitrogens is 4. The van der Waals surface area contributed by atoms with Crippen LogP contribution < -0.4 is 10.2 Å². The van der Waals surface area contributed by atoms with Crippen molar-refractivity contribution in [3.63, 3.8) is 0 Å². The summed E-state index contributed by atoms with van der Waals surface area (Å²) in [6.45, 7) is 7.36. The highest BCUT2D eigenvalue weighted by Crippen LogP contribution is 2.29. The van der Waals surface area contributed by atoms with Crippen molar-refractivity contribution in [3.05, 3.63) is 36.0 Å². The number of anilines is 1. The lowest BCUT2D eigenvalue weighted by Gasteiger charge is -2.18. The zero-order valence-corrected chi connectivity index (χ0v) is 20.3. The van der Waals surface area contributed by atoms with Gasteiger partial charge in [-0.15, -0.1) is 11.8 Å². The Morgan fingerprint density at radius 3 is 2.72 bits per heavy atom. The molecular formula is C23H30N6OS2. The molecule has 0 spiro atoms. The highest BCUT2D eigenvalue weighted by Gasteiger charge is 2.21. The number of carbonyl (C=O) groups is 1. The average molecular weight is 471 g/mol. The molecule has 1 aliphatic heterocycles. The summed E-state index contributed by atoms with van der Waals surface area (Å²) in [6, 6.07) is 7.75. The van der Waals surface area contributed by atoms with Crippen LogP contribution in [-0.4, -0.2) is 56.8 Å². The molecule has 0 unspecified atom stereocenters. The molecule has 1 amide bonds. The summed E-state index contributed by atoms with van der Waals surface area (Å²) in [4.78, 5) is 25.8. The van der Waals surface area contributed by atoms with Crippen molar-refractivity contribution in [1.29, 1.82) is 0 Å². The Morgan fingerprint density at radius 2 is 1.94 bits per heavy atom. The van der Waals surface area contributed by atoms with Gasteiger partial charge in [0.05, 0.1) is 23.7 Å². The third-order valence-electron chi connectivity index (χ3n) is 5.34. The predicted octanol–water partition coefficient (Wildman–Crippen LogP) is 4.47. The molecule has 7 nitrogen and oxygen atoms in total. The number of nitrogens with one attached hydrogen (secondary N) is 1. The van der Waals surface area contributed by atoms with E-state index in [-0.39, 0.29) is 5.91 Å². The summed E-state index contributed by atoms with van der Waals surface area (Å²) < 4.78 is 1.89. The fourth-order valence-electron chi connectivity index (χ4n) is 3.82. The van der Waals surface area contributed by atoms with Gasteiger partial charge in [-0.3, -0.25) is 4.79 Å². The fraction of sp³-hybridized carbons (Fsp3) is 0.478. The van der Waals surface area contributed by atoms with Crippen LogP contribution in [0.15, 0.2) is 40.5 Å². The second-order valence-corrected chi connectivity index (χ2v) is 10.0. The number of hydrogen-bond donors (Lipinski definition) is 1. The Bertz CT molecular complexity index is 1060. The zero-order valence-electron chi connectivity index (χ0n) is 18.7. The molecule has 170 valence electrons. The van der Waals surface area contributed by atoms with Crippen LogP contribution in [0.2, 0.25) is 0 Å². The van der Waals surface area contributed by atoms with Crippen molar-refractivity contribution in [2.24, 2.45) is 0 Å². The maximum atomic E-state index is 12.7. The molecule has 2 aromatic heterocycles. The number of benzene rings is 1. The molecular weight excluding hydrogens is 440 g/mol. The second kappa shape index (κ2) is 11.0. The van der Waals surface area contributed by atoms with E-state index in [1.54, 1.807) is 23.5 Å². The first kappa shape index (κ1) is 22.9. The van der Waals surface area contributed by atoms with E-state index in [9.17, 15) is 4.79 Å². The third-order valence-corrected chi connectivity index (χ3v) is 7.35.